The number of carboxylic acids is 1. The van der Waals surface area contributed by atoms with E-state index in [1.807, 2.05) is 44.3 Å². The number of carbonyl (C=O) groups is 2. The summed E-state index contributed by atoms with van der Waals surface area (Å²) in [6, 6.07) is 7.55. The van der Waals surface area contributed by atoms with Crippen molar-refractivity contribution in [2.24, 2.45) is 11.8 Å². The molecule has 2 N–H and O–H groups in total. The molecule has 2 heterocycles. The molecule has 0 radical (unpaired) electrons. The standard InChI is InChI=1S/C23H28N4O3/c1-14(2)27(22(28)17-6-4-15(3)5-7-17)21-19(23(29)30)13-26(25-21)18-9-8-16-10-11-24-20(16)12-18/h8-15,17,24H,4-7H2,1-3H3,(H,29,30)/t15-,17-. The molecular formula is C23H28N4O3. The molecule has 0 atom stereocenters. The minimum absolute atomic E-state index is 0.0236. The molecule has 1 aliphatic rings. The Hall–Kier alpha value is -3.09. The summed E-state index contributed by atoms with van der Waals surface area (Å²) in [5, 5.41) is 15.5. The SMILES string of the molecule is CC(C)N(c1nn(-c2ccc3cc[nH]c3c2)cc1C(=O)O)C(=O)[C@H]1CC[C@H](C)CC1. The third kappa shape index (κ3) is 3.72. The first-order valence-electron chi connectivity index (χ1n) is 10.6. The second-order valence-corrected chi connectivity index (χ2v) is 8.62. The predicted octanol–water partition coefficient (Wildman–Crippen LogP) is 4.62. The van der Waals surface area contributed by atoms with Crippen LogP contribution in [-0.4, -0.2) is 37.8 Å². The van der Waals surface area contributed by atoms with Gasteiger partial charge in [0.2, 0.25) is 5.91 Å². The summed E-state index contributed by atoms with van der Waals surface area (Å²) in [5.41, 5.74) is 1.71. The van der Waals surface area contributed by atoms with E-state index in [0.717, 1.165) is 42.3 Å². The van der Waals surface area contributed by atoms with Crippen molar-refractivity contribution < 1.29 is 14.7 Å². The average Bonchev–Trinajstić information content (AvgIpc) is 3.35. The van der Waals surface area contributed by atoms with Gasteiger partial charge in [0.15, 0.2) is 5.82 Å². The van der Waals surface area contributed by atoms with Gasteiger partial charge in [-0.25, -0.2) is 9.48 Å². The molecule has 0 spiro atoms. The van der Waals surface area contributed by atoms with Crippen molar-refractivity contribution in [3.63, 3.8) is 0 Å². The molecule has 1 aliphatic carbocycles. The molecule has 7 heteroatoms. The number of anilines is 1. The van der Waals surface area contributed by atoms with Crippen LogP contribution in [-0.2, 0) is 4.79 Å². The second-order valence-electron chi connectivity index (χ2n) is 8.62. The van der Waals surface area contributed by atoms with E-state index in [1.54, 1.807) is 9.58 Å². The maximum atomic E-state index is 13.4. The van der Waals surface area contributed by atoms with Crippen molar-refractivity contribution in [2.75, 3.05) is 4.90 Å². The monoisotopic (exact) mass is 408 g/mol. The molecule has 158 valence electrons. The number of H-pyrrole nitrogens is 1. The largest absolute Gasteiger partial charge is 0.477 e. The molecule has 1 aromatic carbocycles. The summed E-state index contributed by atoms with van der Waals surface area (Å²) in [7, 11) is 0. The number of amides is 1. The van der Waals surface area contributed by atoms with E-state index in [0.29, 0.717) is 5.92 Å². The van der Waals surface area contributed by atoms with Gasteiger partial charge in [-0.15, -0.1) is 5.10 Å². The fraction of sp³-hybridized carbons (Fsp3) is 0.435. The maximum Gasteiger partial charge on any atom is 0.341 e. The van der Waals surface area contributed by atoms with Gasteiger partial charge in [-0.05, 0) is 69.0 Å². The highest BCUT2D eigenvalue weighted by Gasteiger charge is 2.34. The summed E-state index contributed by atoms with van der Waals surface area (Å²) < 4.78 is 1.55. The Morgan fingerprint density at radius 2 is 1.93 bits per heavy atom. The number of nitrogens with one attached hydrogen (secondary N) is 1. The quantitative estimate of drug-likeness (QED) is 0.644. The molecule has 1 fully saturated rings. The Bertz CT molecular complexity index is 1070. The van der Waals surface area contributed by atoms with Gasteiger partial charge in [-0.1, -0.05) is 13.0 Å². The molecular weight excluding hydrogens is 380 g/mol. The summed E-state index contributed by atoms with van der Waals surface area (Å²) in [6.45, 7) is 6.02. The normalized spacial score (nSPS) is 19.3. The van der Waals surface area contributed by atoms with Crippen molar-refractivity contribution in [1.29, 1.82) is 0 Å². The third-order valence-electron chi connectivity index (χ3n) is 6.08. The Morgan fingerprint density at radius 1 is 1.20 bits per heavy atom. The molecule has 2 aromatic heterocycles. The van der Waals surface area contributed by atoms with Gasteiger partial charge < -0.3 is 10.1 Å². The minimum atomic E-state index is -1.09. The number of benzene rings is 1. The van der Waals surface area contributed by atoms with Gasteiger partial charge >= 0.3 is 5.97 Å². The highest BCUT2D eigenvalue weighted by molar-refractivity contribution is 6.01. The lowest BCUT2D eigenvalue weighted by Crippen LogP contribution is -2.43. The smallest absolute Gasteiger partial charge is 0.341 e. The number of aromatic carboxylic acids is 1. The molecule has 7 nitrogen and oxygen atoms in total. The lowest BCUT2D eigenvalue weighted by Gasteiger charge is -2.32. The van der Waals surface area contributed by atoms with Gasteiger partial charge in [0.25, 0.3) is 0 Å². The van der Waals surface area contributed by atoms with Crippen LogP contribution in [0.25, 0.3) is 16.6 Å². The summed E-state index contributed by atoms with van der Waals surface area (Å²) in [6.07, 6.45) is 7.09. The van der Waals surface area contributed by atoms with E-state index in [9.17, 15) is 14.7 Å². The Kier molecular flexibility index (Phi) is 5.37. The van der Waals surface area contributed by atoms with Crippen LogP contribution in [0.5, 0.6) is 0 Å². The van der Waals surface area contributed by atoms with Crippen LogP contribution >= 0.6 is 0 Å². The molecule has 3 aromatic rings. The molecule has 0 aliphatic heterocycles. The summed E-state index contributed by atoms with van der Waals surface area (Å²) in [5.74, 6) is -0.339. The van der Waals surface area contributed by atoms with E-state index in [4.69, 9.17) is 0 Å². The Morgan fingerprint density at radius 3 is 2.60 bits per heavy atom. The first-order chi connectivity index (χ1) is 14.3. The van der Waals surface area contributed by atoms with Crippen LogP contribution in [0.3, 0.4) is 0 Å². The lowest BCUT2D eigenvalue weighted by molar-refractivity contribution is -0.123. The molecule has 0 saturated heterocycles. The summed E-state index contributed by atoms with van der Waals surface area (Å²) >= 11 is 0. The number of fused-ring (bicyclic) bond motifs is 1. The minimum Gasteiger partial charge on any atom is -0.477 e. The third-order valence-corrected chi connectivity index (χ3v) is 6.08. The molecule has 4 rings (SSSR count). The zero-order valence-electron chi connectivity index (χ0n) is 17.6. The zero-order chi connectivity index (χ0) is 21.4. The van der Waals surface area contributed by atoms with Crippen molar-refractivity contribution in [2.45, 2.75) is 52.5 Å². The van der Waals surface area contributed by atoms with Crippen molar-refractivity contribution in [3.8, 4) is 5.69 Å². The van der Waals surface area contributed by atoms with Crippen LogP contribution in [0.4, 0.5) is 5.82 Å². The van der Waals surface area contributed by atoms with Crippen molar-refractivity contribution >= 4 is 28.6 Å². The van der Waals surface area contributed by atoms with Crippen LogP contribution in [0.2, 0.25) is 0 Å². The number of aromatic amines is 1. The molecule has 30 heavy (non-hydrogen) atoms. The van der Waals surface area contributed by atoms with E-state index in [1.165, 1.54) is 6.20 Å². The van der Waals surface area contributed by atoms with Gasteiger partial charge in [-0.3, -0.25) is 9.69 Å². The number of carboxylic acid groups (broad SMARTS) is 1. The fourth-order valence-electron chi connectivity index (χ4n) is 4.31. The number of aromatic nitrogens is 3. The molecule has 0 unspecified atom stereocenters. The fourth-order valence-corrected chi connectivity index (χ4v) is 4.31. The van der Waals surface area contributed by atoms with Gasteiger partial charge in [-0.2, -0.15) is 0 Å². The van der Waals surface area contributed by atoms with Crippen LogP contribution in [0.1, 0.15) is 56.8 Å². The second kappa shape index (κ2) is 7.97. The number of hydrogen-bond donors (Lipinski definition) is 2. The van der Waals surface area contributed by atoms with Crippen molar-refractivity contribution in [1.82, 2.24) is 14.8 Å². The Balaban J connectivity index is 1.73. The van der Waals surface area contributed by atoms with Crippen molar-refractivity contribution in [3.05, 3.63) is 42.2 Å². The molecule has 1 amide bonds. The van der Waals surface area contributed by atoms with Gasteiger partial charge in [0.1, 0.15) is 5.56 Å². The van der Waals surface area contributed by atoms with E-state index >= 15 is 0 Å². The number of hydrogen-bond acceptors (Lipinski definition) is 3. The zero-order valence-corrected chi connectivity index (χ0v) is 17.6. The predicted molar refractivity (Wildman–Crippen MR) is 116 cm³/mol. The van der Waals surface area contributed by atoms with Crippen LogP contribution in [0.15, 0.2) is 36.7 Å². The first-order valence-corrected chi connectivity index (χ1v) is 10.6. The number of nitrogens with zero attached hydrogens (tertiary/aromatic N) is 3. The highest BCUT2D eigenvalue weighted by atomic mass is 16.4. The van der Waals surface area contributed by atoms with Gasteiger partial charge in [0, 0.05) is 29.9 Å². The lowest BCUT2D eigenvalue weighted by atomic mass is 9.82. The molecule has 0 bridgehead atoms. The van der Waals surface area contributed by atoms with Crippen LogP contribution < -0.4 is 4.90 Å². The van der Waals surface area contributed by atoms with E-state index in [2.05, 4.69) is 17.0 Å². The maximum absolute atomic E-state index is 13.4. The number of rotatable bonds is 5. The topological polar surface area (TPSA) is 91.2 Å². The average molecular weight is 409 g/mol. The Labute approximate surface area is 175 Å². The van der Waals surface area contributed by atoms with E-state index in [-0.39, 0.29) is 29.2 Å². The highest BCUT2D eigenvalue weighted by Crippen LogP contribution is 2.33. The van der Waals surface area contributed by atoms with Crippen LogP contribution in [0, 0.1) is 11.8 Å². The van der Waals surface area contributed by atoms with Gasteiger partial charge in [0.05, 0.1) is 5.69 Å². The molecule has 1 saturated carbocycles. The first kappa shape index (κ1) is 20.2. The number of carbonyl (C=O) groups excluding carboxylic acids is 1. The van der Waals surface area contributed by atoms with E-state index < -0.39 is 5.97 Å². The summed E-state index contributed by atoms with van der Waals surface area (Å²) in [4.78, 5) is 30.1.